The first-order chi connectivity index (χ1) is 11.6. The van der Waals surface area contributed by atoms with Crippen LogP contribution in [-0.2, 0) is 19.1 Å². The van der Waals surface area contributed by atoms with Crippen LogP contribution in [0.25, 0.3) is 0 Å². The third-order valence-electron chi connectivity index (χ3n) is 5.21. The number of hydrogen-bond acceptors (Lipinski definition) is 5. The highest BCUT2D eigenvalue weighted by Gasteiger charge is 2.56. The maximum absolute atomic E-state index is 13.2. The van der Waals surface area contributed by atoms with Crippen molar-refractivity contribution < 1.29 is 23.9 Å². The molecule has 1 aromatic carbocycles. The van der Waals surface area contributed by atoms with E-state index in [0.29, 0.717) is 17.1 Å². The number of ketones is 2. The Balaban J connectivity index is 2.26. The van der Waals surface area contributed by atoms with Gasteiger partial charge < -0.3 is 9.47 Å². The Morgan fingerprint density at radius 3 is 2.40 bits per heavy atom. The van der Waals surface area contributed by atoms with Crippen LogP contribution in [0.1, 0.15) is 45.6 Å². The summed E-state index contributed by atoms with van der Waals surface area (Å²) < 4.78 is 10.8. The van der Waals surface area contributed by atoms with Crippen LogP contribution in [0.4, 0.5) is 0 Å². The Morgan fingerprint density at radius 2 is 1.76 bits per heavy atom. The maximum Gasteiger partial charge on any atom is 0.306 e. The average Bonchev–Trinajstić information content (AvgIpc) is 2.58. The van der Waals surface area contributed by atoms with Crippen LogP contribution >= 0.6 is 0 Å². The number of carbonyl (C=O) groups excluding carboxylic acids is 3. The van der Waals surface area contributed by atoms with Crippen LogP contribution in [0.15, 0.2) is 35.6 Å². The molecule has 3 rings (SSSR count). The van der Waals surface area contributed by atoms with Crippen molar-refractivity contribution >= 4 is 17.5 Å². The van der Waals surface area contributed by atoms with E-state index in [1.165, 1.54) is 7.11 Å². The van der Waals surface area contributed by atoms with E-state index in [9.17, 15) is 14.4 Å². The molecule has 0 saturated carbocycles. The number of carbonyl (C=O) groups is 3. The fraction of sp³-hybridized carbons (Fsp3) is 0.450. The van der Waals surface area contributed by atoms with E-state index < -0.39 is 22.7 Å². The quantitative estimate of drug-likeness (QED) is 0.610. The number of hydrogen-bond donors (Lipinski definition) is 0. The lowest BCUT2D eigenvalue weighted by Gasteiger charge is -2.44. The summed E-state index contributed by atoms with van der Waals surface area (Å²) >= 11 is 0. The molecule has 0 N–H and O–H groups in total. The van der Waals surface area contributed by atoms with Gasteiger partial charge in [0.1, 0.15) is 11.5 Å². The van der Waals surface area contributed by atoms with Crippen LogP contribution in [0.5, 0.6) is 5.75 Å². The molecule has 5 nitrogen and oxygen atoms in total. The summed E-state index contributed by atoms with van der Waals surface area (Å²) in [6, 6.07) is 7.29. The van der Waals surface area contributed by atoms with E-state index in [-0.39, 0.29) is 18.0 Å². The Labute approximate surface area is 147 Å². The second kappa shape index (κ2) is 5.55. The minimum atomic E-state index is -1.16. The number of ether oxygens (including phenoxy) is 2. The molecular formula is C20H22O5. The standard InChI is InChI=1S/C20H22O5/c1-19(2)16(22)15-12(10-14(21)24-5)11-8-6-7-9-13(11)25-17(15)20(3,4)18(19)23/h6-9,12H,10H2,1-5H3. The highest BCUT2D eigenvalue weighted by Crippen LogP contribution is 2.53. The normalized spacial score (nSPS) is 23.5. The van der Waals surface area contributed by atoms with Crippen LogP contribution in [-0.4, -0.2) is 24.6 Å². The molecule has 1 heterocycles. The monoisotopic (exact) mass is 342 g/mol. The van der Waals surface area contributed by atoms with Crippen LogP contribution < -0.4 is 4.74 Å². The minimum absolute atomic E-state index is 0.0296. The van der Waals surface area contributed by atoms with Crippen molar-refractivity contribution in [3.05, 3.63) is 41.2 Å². The van der Waals surface area contributed by atoms with Crippen molar-refractivity contribution in [3.8, 4) is 5.75 Å². The number of rotatable bonds is 2. The predicted octanol–water partition coefficient (Wildman–Crippen LogP) is 3.18. The van der Waals surface area contributed by atoms with Crippen LogP contribution in [0, 0.1) is 10.8 Å². The molecule has 0 fully saturated rings. The third kappa shape index (κ3) is 2.41. The van der Waals surface area contributed by atoms with Gasteiger partial charge in [-0.05, 0) is 33.8 Å². The van der Waals surface area contributed by atoms with E-state index in [1.807, 2.05) is 18.2 Å². The van der Waals surface area contributed by atoms with E-state index in [2.05, 4.69) is 0 Å². The van der Waals surface area contributed by atoms with E-state index in [0.717, 1.165) is 5.56 Å². The Kier molecular flexibility index (Phi) is 3.86. The summed E-state index contributed by atoms with van der Waals surface area (Å²) in [6.07, 6.45) is 0.0296. The summed E-state index contributed by atoms with van der Waals surface area (Å²) in [7, 11) is 1.32. The summed E-state index contributed by atoms with van der Waals surface area (Å²) in [5.74, 6) is -0.423. The van der Waals surface area contributed by atoms with Gasteiger partial charge in [-0.25, -0.2) is 0 Å². The Bertz CT molecular complexity index is 813. The van der Waals surface area contributed by atoms with E-state index in [4.69, 9.17) is 9.47 Å². The molecule has 25 heavy (non-hydrogen) atoms. The van der Waals surface area contributed by atoms with Gasteiger partial charge in [-0.3, -0.25) is 14.4 Å². The minimum Gasteiger partial charge on any atom is -0.469 e. The van der Waals surface area contributed by atoms with Gasteiger partial charge >= 0.3 is 5.97 Å². The molecule has 1 atom stereocenters. The second-order valence-electron chi connectivity index (χ2n) is 7.62. The van der Waals surface area contributed by atoms with Gasteiger partial charge in [0.25, 0.3) is 0 Å². The zero-order valence-electron chi connectivity index (χ0n) is 15.1. The topological polar surface area (TPSA) is 69.7 Å². The zero-order valence-corrected chi connectivity index (χ0v) is 15.1. The number of fused-ring (bicyclic) bond motifs is 1. The Hall–Kier alpha value is -2.43. The van der Waals surface area contributed by atoms with Gasteiger partial charge in [-0.15, -0.1) is 0 Å². The predicted molar refractivity (Wildman–Crippen MR) is 91.0 cm³/mol. The van der Waals surface area contributed by atoms with Crippen molar-refractivity contribution in [2.24, 2.45) is 10.8 Å². The highest BCUT2D eigenvalue weighted by atomic mass is 16.5. The molecule has 1 aromatic rings. The molecule has 1 aliphatic heterocycles. The van der Waals surface area contributed by atoms with Gasteiger partial charge in [0.05, 0.1) is 24.4 Å². The van der Waals surface area contributed by atoms with Crippen LogP contribution in [0.3, 0.4) is 0 Å². The van der Waals surface area contributed by atoms with Crippen molar-refractivity contribution in [3.63, 3.8) is 0 Å². The molecule has 2 aliphatic rings. The number of allylic oxidation sites excluding steroid dienone is 2. The molecule has 132 valence electrons. The van der Waals surface area contributed by atoms with Crippen molar-refractivity contribution in [1.29, 1.82) is 0 Å². The molecule has 5 heteroatoms. The van der Waals surface area contributed by atoms with Gasteiger partial charge in [-0.2, -0.15) is 0 Å². The third-order valence-corrected chi connectivity index (χ3v) is 5.21. The van der Waals surface area contributed by atoms with Crippen LogP contribution in [0.2, 0.25) is 0 Å². The van der Waals surface area contributed by atoms with Gasteiger partial charge in [0.2, 0.25) is 0 Å². The lowest BCUT2D eigenvalue weighted by Crippen LogP contribution is -2.51. The first-order valence-electron chi connectivity index (χ1n) is 8.30. The smallest absolute Gasteiger partial charge is 0.306 e. The van der Waals surface area contributed by atoms with Gasteiger partial charge in [0, 0.05) is 17.1 Å². The number of methoxy groups -OCH3 is 1. The molecule has 0 amide bonds. The summed E-state index contributed by atoms with van der Waals surface area (Å²) in [5, 5.41) is 0. The fourth-order valence-electron chi connectivity index (χ4n) is 3.85. The number of benzene rings is 1. The first-order valence-corrected chi connectivity index (χ1v) is 8.30. The average molecular weight is 342 g/mol. The first kappa shape index (κ1) is 17.4. The number of Topliss-reactive ketones (excluding diaryl/α,β-unsaturated/α-hetero) is 2. The number of esters is 1. The van der Waals surface area contributed by atoms with Crippen molar-refractivity contribution in [2.75, 3.05) is 7.11 Å². The molecule has 0 saturated heterocycles. The van der Waals surface area contributed by atoms with E-state index in [1.54, 1.807) is 33.8 Å². The largest absolute Gasteiger partial charge is 0.469 e. The highest BCUT2D eigenvalue weighted by molar-refractivity contribution is 6.20. The lowest BCUT2D eigenvalue weighted by atomic mass is 9.60. The molecule has 0 spiro atoms. The molecule has 0 bridgehead atoms. The van der Waals surface area contributed by atoms with E-state index >= 15 is 0 Å². The summed E-state index contributed by atoms with van der Waals surface area (Å²) in [4.78, 5) is 38.1. The molecule has 1 unspecified atom stereocenters. The number of para-hydroxylation sites is 1. The SMILES string of the molecule is COC(=O)CC1C2=C(Oc3ccccc31)C(C)(C)C(=O)C(C)(C)C2=O. The fourth-order valence-corrected chi connectivity index (χ4v) is 3.85. The lowest BCUT2D eigenvalue weighted by molar-refractivity contribution is -0.144. The molecule has 0 radical (unpaired) electrons. The molecule has 0 aromatic heterocycles. The van der Waals surface area contributed by atoms with Crippen molar-refractivity contribution in [1.82, 2.24) is 0 Å². The van der Waals surface area contributed by atoms with Gasteiger partial charge in [0.15, 0.2) is 11.6 Å². The zero-order chi connectivity index (χ0) is 18.6. The van der Waals surface area contributed by atoms with Crippen molar-refractivity contribution in [2.45, 2.75) is 40.0 Å². The molecular weight excluding hydrogens is 320 g/mol. The maximum atomic E-state index is 13.2. The second-order valence-corrected chi connectivity index (χ2v) is 7.62. The Morgan fingerprint density at radius 1 is 1.12 bits per heavy atom. The van der Waals surface area contributed by atoms with Gasteiger partial charge in [-0.1, -0.05) is 18.2 Å². The molecule has 1 aliphatic carbocycles. The summed E-state index contributed by atoms with van der Waals surface area (Å²) in [6.45, 7) is 6.81. The summed E-state index contributed by atoms with van der Waals surface area (Å²) in [5.41, 5.74) is -0.930.